The third-order valence-corrected chi connectivity index (χ3v) is 1.24. The molecule has 0 aliphatic rings. The van der Waals surface area contributed by atoms with Gasteiger partial charge < -0.3 is 15.9 Å². The second kappa shape index (κ2) is 11.8. The molecule has 12 heavy (non-hydrogen) atoms. The Morgan fingerprint density at radius 2 is 1.92 bits per heavy atom. The summed E-state index contributed by atoms with van der Waals surface area (Å²) < 4.78 is 0. The fourth-order valence-corrected chi connectivity index (χ4v) is 0.600. The summed E-state index contributed by atoms with van der Waals surface area (Å²) in [5, 5.41) is 16.6. The van der Waals surface area contributed by atoms with Crippen molar-refractivity contribution in [1.29, 1.82) is 0 Å². The molecule has 0 saturated carbocycles. The number of carboxylic acids is 1. The molecular formula is C6H13I2NO3. The van der Waals surface area contributed by atoms with Crippen LogP contribution in [0.2, 0.25) is 0 Å². The van der Waals surface area contributed by atoms with Crippen LogP contribution in [-0.4, -0.2) is 28.8 Å². The van der Waals surface area contributed by atoms with Gasteiger partial charge in [-0.1, -0.05) is 0 Å². The maximum absolute atomic E-state index is 10.1. The van der Waals surface area contributed by atoms with E-state index in [0.717, 1.165) is 0 Å². The van der Waals surface area contributed by atoms with Gasteiger partial charge in [0, 0.05) is 43.8 Å². The van der Waals surface area contributed by atoms with Crippen molar-refractivity contribution in [1.82, 2.24) is 0 Å². The fraction of sp³-hybridized carbons (Fsp3) is 0.833. The molecule has 0 aromatic rings. The molecule has 0 aromatic carbocycles. The molecule has 0 aliphatic heterocycles. The van der Waals surface area contributed by atoms with Crippen molar-refractivity contribution in [2.45, 2.75) is 25.3 Å². The van der Waals surface area contributed by atoms with Gasteiger partial charge in [0.25, 0.3) is 0 Å². The quantitative estimate of drug-likeness (QED) is 0.480. The third kappa shape index (κ3) is 10.8. The Hall–Kier alpha value is 0.850. The summed E-state index contributed by atoms with van der Waals surface area (Å²) in [5.41, 5.74) is 5.18. The number of rotatable bonds is 5. The van der Waals surface area contributed by atoms with E-state index in [1.54, 1.807) is 0 Å². The Bertz CT molecular complexity index is 113. The first-order valence-electron chi connectivity index (χ1n) is 3.42. The lowest BCUT2D eigenvalue weighted by Gasteiger charge is -2.03. The van der Waals surface area contributed by atoms with Crippen LogP contribution in [0.3, 0.4) is 0 Å². The van der Waals surface area contributed by atoms with Gasteiger partial charge in [-0.05, 0) is 19.3 Å². The third-order valence-electron chi connectivity index (χ3n) is 1.24. The number of hydrogen-bond acceptors (Lipinski definition) is 3. The van der Waals surface area contributed by atoms with Crippen molar-refractivity contribution < 1.29 is 15.0 Å². The predicted octanol–water partition coefficient (Wildman–Crippen LogP) is 1.33. The van der Waals surface area contributed by atoms with Crippen LogP contribution in [0.5, 0.6) is 0 Å². The minimum atomic E-state index is -0.974. The van der Waals surface area contributed by atoms with E-state index in [1.807, 2.05) is 0 Å². The van der Waals surface area contributed by atoms with Crippen molar-refractivity contribution in [3.63, 3.8) is 0 Å². The van der Waals surface area contributed by atoms with Crippen LogP contribution in [-0.2, 0) is 4.79 Å². The number of aliphatic carboxylic acids is 1. The van der Waals surface area contributed by atoms with Crippen LogP contribution in [0.1, 0.15) is 19.3 Å². The van der Waals surface area contributed by atoms with Crippen molar-refractivity contribution in [3.8, 4) is 0 Å². The van der Waals surface area contributed by atoms with Gasteiger partial charge in [-0.25, -0.2) is 0 Å². The lowest BCUT2D eigenvalue weighted by Crippen LogP contribution is -2.29. The van der Waals surface area contributed by atoms with E-state index in [2.05, 4.69) is 37.2 Å². The topological polar surface area (TPSA) is 83.5 Å². The largest absolute Gasteiger partial charge is 0.480 e. The highest BCUT2D eigenvalue weighted by Gasteiger charge is 2.09. The Balaban J connectivity index is 0. The Kier molecular flexibility index (Phi) is 15.1. The lowest BCUT2D eigenvalue weighted by molar-refractivity contribution is -0.138. The van der Waals surface area contributed by atoms with Crippen LogP contribution in [0.15, 0.2) is 0 Å². The number of halogens is 2. The van der Waals surface area contributed by atoms with Crippen LogP contribution in [0.4, 0.5) is 0 Å². The number of aliphatic hydroxyl groups excluding tert-OH is 1. The first kappa shape index (κ1) is 15.3. The molecule has 0 bridgehead atoms. The highest BCUT2D eigenvalue weighted by Crippen LogP contribution is 1.97. The Morgan fingerprint density at radius 1 is 1.42 bits per heavy atom. The first-order valence-corrected chi connectivity index (χ1v) is 9.70. The molecule has 4 N–H and O–H groups in total. The van der Waals surface area contributed by atoms with Gasteiger partial charge in [0.2, 0.25) is 0 Å². The minimum absolute atomic E-state index is 0.104. The maximum atomic E-state index is 10.1. The molecular weight excluding hydrogens is 388 g/mol. The number of unbranched alkanes of at least 4 members (excludes halogenated alkanes) is 1. The van der Waals surface area contributed by atoms with Gasteiger partial charge >= 0.3 is 5.97 Å². The van der Waals surface area contributed by atoms with E-state index in [9.17, 15) is 4.79 Å². The summed E-state index contributed by atoms with van der Waals surface area (Å²) in [6, 6.07) is -0.772. The summed E-state index contributed by atoms with van der Waals surface area (Å²) >= 11 is 4.24. The van der Waals surface area contributed by atoms with E-state index in [1.165, 1.54) is 0 Å². The van der Waals surface area contributed by atoms with E-state index in [4.69, 9.17) is 15.9 Å². The van der Waals surface area contributed by atoms with E-state index in [-0.39, 0.29) is 6.61 Å². The molecule has 0 saturated heterocycles. The zero-order valence-corrected chi connectivity index (χ0v) is 10.9. The summed E-state index contributed by atoms with van der Waals surface area (Å²) in [5.74, 6) is -0.974. The average molecular weight is 401 g/mol. The molecule has 0 aliphatic carbocycles. The smallest absolute Gasteiger partial charge is 0.320 e. The van der Waals surface area contributed by atoms with Gasteiger partial charge in [0.1, 0.15) is 6.04 Å². The molecule has 0 fully saturated rings. The van der Waals surface area contributed by atoms with Crippen LogP contribution in [0.25, 0.3) is 0 Å². The van der Waals surface area contributed by atoms with Gasteiger partial charge in [0.15, 0.2) is 0 Å². The number of aliphatic hydroxyl groups is 1. The van der Waals surface area contributed by atoms with Gasteiger partial charge in [-0.15, -0.1) is 0 Å². The molecule has 0 unspecified atom stereocenters. The molecule has 0 radical (unpaired) electrons. The van der Waals surface area contributed by atoms with E-state index in [0.29, 0.717) is 19.3 Å². The molecule has 1 atom stereocenters. The molecule has 0 rings (SSSR count). The minimum Gasteiger partial charge on any atom is -0.480 e. The average Bonchev–Trinajstić information content (AvgIpc) is 2.08. The molecule has 0 spiro atoms. The number of hydrogen-bond donors (Lipinski definition) is 3. The lowest BCUT2D eigenvalue weighted by atomic mass is 10.1. The van der Waals surface area contributed by atoms with Crippen LogP contribution < -0.4 is 5.73 Å². The zero-order valence-electron chi connectivity index (χ0n) is 6.54. The van der Waals surface area contributed by atoms with Crippen LogP contribution in [0, 0.1) is 0 Å². The molecule has 4 nitrogen and oxygen atoms in total. The Labute approximate surface area is 95.2 Å². The van der Waals surface area contributed by atoms with E-state index >= 15 is 0 Å². The van der Waals surface area contributed by atoms with Crippen molar-refractivity contribution >= 4 is 43.2 Å². The standard InChI is InChI=1S/C6H13NO3.I2/c7-5(6(9)10)3-1-2-4-8;1-2/h5,8H,1-4,7H2,(H,9,10);/t5-;/m0./s1. The van der Waals surface area contributed by atoms with Gasteiger partial charge in [-0.3, -0.25) is 4.79 Å². The number of carbonyl (C=O) groups is 1. The van der Waals surface area contributed by atoms with Crippen molar-refractivity contribution in [2.24, 2.45) is 5.73 Å². The number of nitrogens with two attached hydrogens (primary N) is 1. The molecule has 6 heteroatoms. The Morgan fingerprint density at radius 3 is 2.25 bits per heavy atom. The van der Waals surface area contributed by atoms with Crippen molar-refractivity contribution in [2.75, 3.05) is 6.61 Å². The summed E-state index contributed by atoms with van der Waals surface area (Å²) in [6.45, 7) is 0.104. The first-order chi connectivity index (χ1) is 5.68. The normalized spacial score (nSPS) is 11.3. The molecule has 74 valence electrons. The van der Waals surface area contributed by atoms with Crippen LogP contribution >= 0.6 is 37.2 Å². The second-order valence-corrected chi connectivity index (χ2v) is 2.16. The predicted molar refractivity (Wildman–Crippen MR) is 64.6 cm³/mol. The SMILES string of the molecule is II.N[C@@H](CCCCO)C(=O)O. The summed E-state index contributed by atoms with van der Waals surface area (Å²) in [4.78, 5) is 10.1. The van der Waals surface area contributed by atoms with E-state index < -0.39 is 12.0 Å². The molecule has 0 amide bonds. The highest BCUT2D eigenvalue weighted by molar-refractivity contribution is 15.0. The van der Waals surface area contributed by atoms with Gasteiger partial charge in [0.05, 0.1) is 0 Å². The summed E-state index contributed by atoms with van der Waals surface area (Å²) in [7, 11) is 0. The zero-order chi connectivity index (χ0) is 9.98. The molecule has 0 heterocycles. The second-order valence-electron chi connectivity index (χ2n) is 2.16. The number of carboxylic acid groups (broad SMARTS) is 1. The van der Waals surface area contributed by atoms with Crippen molar-refractivity contribution in [3.05, 3.63) is 0 Å². The van der Waals surface area contributed by atoms with Gasteiger partial charge in [-0.2, -0.15) is 0 Å². The summed E-state index contributed by atoms with van der Waals surface area (Å²) in [6.07, 6.45) is 1.74. The molecule has 0 aromatic heterocycles. The monoisotopic (exact) mass is 401 g/mol. The maximum Gasteiger partial charge on any atom is 0.320 e. The highest BCUT2D eigenvalue weighted by atomic mass is 128. The fourth-order valence-electron chi connectivity index (χ4n) is 0.600.